The number of hydrogen-bond donors (Lipinski definition) is 2. The topological polar surface area (TPSA) is 68.2 Å². The van der Waals surface area contributed by atoms with Gasteiger partial charge in [0.25, 0.3) is 0 Å². The lowest BCUT2D eigenvalue weighted by Gasteiger charge is -2.17. The second-order valence-corrected chi connectivity index (χ2v) is 4.99. The van der Waals surface area contributed by atoms with E-state index in [0.717, 1.165) is 10.9 Å². The highest BCUT2D eigenvalue weighted by molar-refractivity contribution is 6.31. The van der Waals surface area contributed by atoms with E-state index < -0.39 is 12.0 Å². The lowest BCUT2D eigenvalue weighted by Crippen LogP contribution is -2.24. The number of carboxylic acids is 1. The maximum Gasteiger partial charge on any atom is 0.326 e. The average molecular weight is 267 g/mol. The maximum atomic E-state index is 11.1. The van der Waals surface area contributed by atoms with Crippen molar-refractivity contribution in [2.24, 2.45) is 5.73 Å². The molecule has 1 atom stereocenters. The number of nitrogens with two attached hydrogens (primary N) is 1. The van der Waals surface area contributed by atoms with Gasteiger partial charge in [-0.2, -0.15) is 0 Å². The molecule has 0 saturated carbocycles. The lowest BCUT2D eigenvalue weighted by molar-refractivity contribution is -0.138. The zero-order valence-corrected chi connectivity index (χ0v) is 11.0. The number of nitrogens with zero attached hydrogens (tertiary/aromatic N) is 1. The van der Waals surface area contributed by atoms with E-state index in [1.807, 2.05) is 36.6 Å². The van der Waals surface area contributed by atoms with Gasteiger partial charge in [0, 0.05) is 22.1 Å². The summed E-state index contributed by atoms with van der Waals surface area (Å²) in [5.41, 5.74) is 7.22. The molecule has 0 fully saturated rings. The molecule has 2 rings (SSSR count). The van der Waals surface area contributed by atoms with Crippen molar-refractivity contribution in [1.29, 1.82) is 0 Å². The Morgan fingerprint density at radius 2 is 2.06 bits per heavy atom. The number of hydrogen-bond acceptors (Lipinski definition) is 2. The number of aliphatic carboxylic acids is 1. The van der Waals surface area contributed by atoms with Crippen LogP contribution in [0.4, 0.5) is 0 Å². The predicted octanol–water partition coefficient (Wildman–Crippen LogP) is 2.96. The van der Waals surface area contributed by atoms with Crippen LogP contribution in [0.25, 0.3) is 10.9 Å². The molecule has 2 aromatic rings. The minimum atomic E-state index is -1.04. The Morgan fingerprint density at radius 3 is 2.61 bits per heavy atom. The van der Waals surface area contributed by atoms with Gasteiger partial charge in [0.15, 0.2) is 0 Å². The molecule has 1 heterocycles. The molecule has 18 heavy (non-hydrogen) atoms. The van der Waals surface area contributed by atoms with Gasteiger partial charge >= 0.3 is 5.97 Å². The van der Waals surface area contributed by atoms with Crippen molar-refractivity contribution >= 4 is 28.5 Å². The fourth-order valence-electron chi connectivity index (χ4n) is 2.16. The Labute approximate surface area is 110 Å². The summed E-state index contributed by atoms with van der Waals surface area (Å²) in [5, 5.41) is 10.6. The van der Waals surface area contributed by atoms with Crippen molar-refractivity contribution in [1.82, 2.24) is 4.57 Å². The molecule has 0 amide bonds. The summed E-state index contributed by atoms with van der Waals surface area (Å²) in [6.45, 7) is 3.97. The third-order valence-corrected chi connectivity index (χ3v) is 3.17. The molecular formula is C13H15ClN2O2. The van der Waals surface area contributed by atoms with Gasteiger partial charge < -0.3 is 15.4 Å². The highest BCUT2D eigenvalue weighted by Crippen LogP contribution is 2.29. The Morgan fingerprint density at radius 1 is 1.39 bits per heavy atom. The number of halogens is 1. The quantitative estimate of drug-likeness (QED) is 0.897. The van der Waals surface area contributed by atoms with E-state index in [1.165, 1.54) is 0 Å². The van der Waals surface area contributed by atoms with Crippen molar-refractivity contribution < 1.29 is 9.90 Å². The summed E-state index contributed by atoms with van der Waals surface area (Å²) >= 11 is 5.99. The molecule has 96 valence electrons. The van der Waals surface area contributed by atoms with E-state index in [4.69, 9.17) is 22.4 Å². The fourth-order valence-corrected chi connectivity index (χ4v) is 2.32. The van der Waals surface area contributed by atoms with Crippen molar-refractivity contribution in [2.45, 2.75) is 25.9 Å². The molecule has 0 spiro atoms. The minimum Gasteiger partial charge on any atom is -0.480 e. The number of rotatable bonds is 3. The molecular weight excluding hydrogens is 252 g/mol. The Balaban J connectivity index is 2.73. The molecule has 0 aliphatic heterocycles. The predicted molar refractivity (Wildman–Crippen MR) is 71.9 cm³/mol. The molecule has 0 saturated heterocycles. The number of fused-ring (bicyclic) bond motifs is 1. The number of benzene rings is 1. The van der Waals surface area contributed by atoms with Crippen LogP contribution >= 0.6 is 11.6 Å². The van der Waals surface area contributed by atoms with Crippen molar-refractivity contribution in [2.75, 3.05) is 0 Å². The van der Waals surface area contributed by atoms with Gasteiger partial charge in [0.2, 0.25) is 0 Å². The molecule has 0 aliphatic carbocycles. The van der Waals surface area contributed by atoms with Crippen LogP contribution in [0.1, 0.15) is 31.6 Å². The zero-order valence-electron chi connectivity index (χ0n) is 10.2. The van der Waals surface area contributed by atoms with E-state index in [9.17, 15) is 4.79 Å². The third kappa shape index (κ3) is 2.09. The molecule has 1 aromatic carbocycles. The lowest BCUT2D eigenvalue weighted by atomic mass is 10.2. The summed E-state index contributed by atoms with van der Waals surface area (Å²) < 4.78 is 1.92. The highest BCUT2D eigenvalue weighted by atomic mass is 35.5. The van der Waals surface area contributed by atoms with Crippen LogP contribution in [0.5, 0.6) is 0 Å². The summed E-state index contributed by atoms with van der Waals surface area (Å²) in [6.07, 6.45) is 0. The van der Waals surface area contributed by atoms with Gasteiger partial charge in [-0.3, -0.25) is 4.79 Å². The van der Waals surface area contributed by atoms with Gasteiger partial charge in [0.1, 0.15) is 6.04 Å². The van der Waals surface area contributed by atoms with Gasteiger partial charge in [-0.15, -0.1) is 0 Å². The smallest absolute Gasteiger partial charge is 0.326 e. The van der Waals surface area contributed by atoms with Crippen LogP contribution in [0.2, 0.25) is 5.02 Å². The average Bonchev–Trinajstić information content (AvgIpc) is 2.65. The van der Waals surface area contributed by atoms with Crippen LogP contribution in [0.3, 0.4) is 0 Å². The second kappa shape index (κ2) is 4.63. The van der Waals surface area contributed by atoms with Crippen LogP contribution in [-0.2, 0) is 4.79 Å². The molecule has 1 unspecified atom stereocenters. The Kier molecular flexibility index (Phi) is 3.32. The van der Waals surface area contributed by atoms with E-state index in [-0.39, 0.29) is 6.04 Å². The molecule has 1 aromatic heterocycles. The molecule has 0 aliphatic rings. The summed E-state index contributed by atoms with van der Waals surface area (Å²) in [6, 6.07) is 6.37. The van der Waals surface area contributed by atoms with Crippen molar-refractivity contribution in [3.63, 3.8) is 0 Å². The molecule has 0 bridgehead atoms. The summed E-state index contributed by atoms with van der Waals surface area (Å²) in [5.74, 6) is -1.04. The van der Waals surface area contributed by atoms with E-state index in [2.05, 4.69) is 0 Å². The Hall–Kier alpha value is -1.52. The van der Waals surface area contributed by atoms with Crippen LogP contribution in [0.15, 0.2) is 24.3 Å². The monoisotopic (exact) mass is 266 g/mol. The molecule has 0 radical (unpaired) electrons. The van der Waals surface area contributed by atoms with Crippen LogP contribution < -0.4 is 5.73 Å². The van der Waals surface area contributed by atoms with Crippen molar-refractivity contribution in [3.8, 4) is 0 Å². The van der Waals surface area contributed by atoms with E-state index in [0.29, 0.717) is 10.7 Å². The van der Waals surface area contributed by atoms with Gasteiger partial charge in [-0.1, -0.05) is 17.7 Å². The van der Waals surface area contributed by atoms with Gasteiger partial charge in [-0.05, 0) is 32.0 Å². The standard InChI is InChI=1S/C13H15ClN2O2/c1-7(2)16-10-6-9(14)4-3-8(10)5-11(16)12(15)13(17)18/h3-7,12H,15H2,1-2H3,(H,17,18). The largest absolute Gasteiger partial charge is 0.480 e. The molecule has 5 heteroatoms. The van der Waals surface area contributed by atoms with Crippen molar-refractivity contribution in [3.05, 3.63) is 35.0 Å². The van der Waals surface area contributed by atoms with E-state index in [1.54, 1.807) is 6.07 Å². The Bertz CT molecular complexity index is 604. The number of carbonyl (C=O) groups is 1. The fraction of sp³-hybridized carbons (Fsp3) is 0.308. The van der Waals surface area contributed by atoms with Crippen LogP contribution in [-0.4, -0.2) is 15.6 Å². The van der Waals surface area contributed by atoms with Gasteiger partial charge in [-0.25, -0.2) is 0 Å². The summed E-state index contributed by atoms with van der Waals surface area (Å²) in [7, 11) is 0. The molecule has 4 nitrogen and oxygen atoms in total. The maximum absolute atomic E-state index is 11.1. The summed E-state index contributed by atoms with van der Waals surface area (Å²) in [4.78, 5) is 11.1. The second-order valence-electron chi connectivity index (χ2n) is 4.55. The first-order chi connectivity index (χ1) is 8.41. The number of carboxylic acid groups (broad SMARTS) is 1. The zero-order chi connectivity index (χ0) is 13.4. The normalized spacial score (nSPS) is 13.2. The number of aromatic nitrogens is 1. The highest BCUT2D eigenvalue weighted by Gasteiger charge is 2.22. The first-order valence-corrected chi connectivity index (χ1v) is 6.08. The van der Waals surface area contributed by atoms with Crippen LogP contribution in [0, 0.1) is 0 Å². The molecule has 3 N–H and O–H groups in total. The minimum absolute atomic E-state index is 0.112. The van der Waals surface area contributed by atoms with Gasteiger partial charge in [0.05, 0.1) is 5.52 Å². The third-order valence-electron chi connectivity index (χ3n) is 2.93. The SMILES string of the molecule is CC(C)n1c(C(N)C(=O)O)cc2ccc(Cl)cc21. The van der Waals surface area contributed by atoms with E-state index >= 15 is 0 Å². The first-order valence-electron chi connectivity index (χ1n) is 5.70. The first kappa shape index (κ1) is 12.9.